The minimum atomic E-state index is -4.63. The average molecular weight is 285 g/mol. The van der Waals surface area contributed by atoms with Crippen LogP contribution in [0.15, 0.2) is 29.4 Å². The van der Waals surface area contributed by atoms with E-state index in [2.05, 4.69) is 15.0 Å². The first-order valence-electron chi connectivity index (χ1n) is 5.34. The van der Waals surface area contributed by atoms with E-state index in [0.29, 0.717) is 0 Å². The summed E-state index contributed by atoms with van der Waals surface area (Å²) in [5, 5.41) is 13.4. The Bertz CT molecular complexity index is 526. The predicted molar refractivity (Wildman–Crippen MR) is 66.9 cm³/mol. The molecule has 0 saturated carbocycles. The Labute approximate surface area is 110 Å². The lowest BCUT2D eigenvalue weighted by molar-refractivity contribution is -0.190. The van der Waals surface area contributed by atoms with E-state index < -0.39 is 19.0 Å². The zero-order valence-electron chi connectivity index (χ0n) is 10.5. The Morgan fingerprint density at radius 3 is 2.53 bits per heavy atom. The van der Waals surface area contributed by atoms with Crippen LogP contribution in [0, 0.1) is 6.92 Å². The van der Waals surface area contributed by atoms with Gasteiger partial charge in [-0.3, -0.25) is 4.79 Å². The van der Waals surface area contributed by atoms with E-state index in [1.807, 2.05) is 19.1 Å². The number of carbonyl (C=O) groups excluding carboxylic acids is 1. The first-order valence-corrected chi connectivity index (χ1v) is 6.88. The van der Waals surface area contributed by atoms with Crippen LogP contribution < -0.4 is 10.2 Å². The van der Waals surface area contributed by atoms with E-state index in [1.165, 1.54) is 0 Å². The number of hydrogen-bond acceptors (Lipinski definition) is 6. The van der Waals surface area contributed by atoms with Gasteiger partial charge >= 0.3 is 0 Å². The summed E-state index contributed by atoms with van der Waals surface area (Å²) in [5.41, 5.74) is 0.799. The van der Waals surface area contributed by atoms with Crippen LogP contribution in [0.5, 0.6) is 0 Å². The van der Waals surface area contributed by atoms with Crippen molar-refractivity contribution in [3.63, 3.8) is 0 Å². The summed E-state index contributed by atoms with van der Waals surface area (Å²) >= 11 is 0. The van der Waals surface area contributed by atoms with Crippen LogP contribution in [0.3, 0.4) is 0 Å². The Hall–Kier alpha value is -1.69. The van der Waals surface area contributed by atoms with E-state index in [4.69, 9.17) is 5.21 Å². The van der Waals surface area contributed by atoms with Gasteiger partial charge in [0.25, 0.3) is 5.91 Å². The highest BCUT2D eigenvalue weighted by Gasteiger charge is 2.24. The number of aryl methyl sites for hydroxylation is 1. The minimum absolute atomic E-state index is 0.113. The molecule has 0 aliphatic carbocycles. The Morgan fingerprint density at radius 2 is 2.05 bits per heavy atom. The van der Waals surface area contributed by atoms with Crippen molar-refractivity contribution in [2.75, 3.05) is 7.11 Å². The fourth-order valence-electron chi connectivity index (χ4n) is 1.28. The fraction of sp³-hybridized carbons (Fsp3) is 0.273. The van der Waals surface area contributed by atoms with Gasteiger partial charge in [0.2, 0.25) is 5.45 Å². The summed E-state index contributed by atoms with van der Waals surface area (Å²) < 4.78 is 15.4. The lowest BCUT2D eigenvalue weighted by Gasteiger charge is -2.20. The normalized spacial score (nSPS) is 14.8. The van der Waals surface area contributed by atoms with Gasteiger partial charge in [-0.15, -0.1) is 0 Å². The van der Waals surface area contributed by atoms with Gasteiger partial charge in [-0.25, -0.2) is 0 Å². The van der Waals surface area contributed by atoms with E-state index in [-0.39, 0.29) is 6.54 Å². The zero-order valence-corrected chi connectivity index (χ0v) is 11.4. The predicted octanol–water partition coefficient (Wildman–Crippen LogP) is 0.599. The van der Waals surface area contributed by atoms with Gasteiger partial charge < -0.3 is 24.5 Å². The first-order chi connectivity index (χ1) is 8.90. The molecular weight excluding hydrogens is 271 g/mol. The standard InChI is InChI=1S/C11H15N2O5P/c1-8-3-5-9(6-4-8)7-12-10(14)11(13-15)19(16,17)18-2/h3-6,15H,7H2,1-2H3,(H,12,14)(H,16,17)/p-1/b13-11+. The SMILES string of the molecule is COP(=O)([O-])/C(=N/O)C(=O)NCc1ccc(C)cc1. The molecule has 0 aromatic heterocycles. The van der Waals surface area contributed by atoms with Crippen molar-refractivity contribution < 1.29 is 24.0 Å². The maximum atomic E-state index is 11.6. The van der Waals surface area contributed by atoms with E-state index in [0.717, 1.165) is 18.2 Å². The van der Waals surface area contributed by atoms with E-state index in [1.54, 1.807) is 12.1 Å². The molecule has 0 aliphatic rings. The molecule has 1 unspecified atom stereocenters. The zero-order chi connectivity index (χ0) is 14.5. The summed E-state index contributed by atoms with van der Waals surface area (Å²) in [4.78, 5) is 22.8. The molecule has 1 amide bonds. The fourth-order valence-corrected chi connectivity index (χ4v) is 1.89. The number of oxime groups is 1. The summed E-state index contributed by atoms with van der Waals surface area (Å²) in [6, 6.07) is 7.29. The largest absolute Gasteiger partial charge is 0.774 e. The summed E-state index contributed by atoms with van der Waals surface area (Å²) in [7, 11) is -3.75. The molecule has 1 atom stereocenters. The maximum absolute atomic E-state index is 11.6. The number of nitrogens with one attached hydrogen (secondary N) is 1. The van der Waals surface area contributed by atoms with Crippen molar-refractivity contribution in [3.8, 4) is 0 Å². The third-order valence-electron chi connectivity index (χ3n) is 2.37. The highest BCUT2D eigenvalue weighted by Crippen LogP contribution is 2.37. The van der Waals surface area contributed by atoms with Gasteiger partial charge in [-0.05, 0) is 12.5 Å². The molecule has 0 bridgehead atoms. The molecule has 1 aromatic carbocycles. The minimum Gasteiger partial charge on any atom is -0.774 e. The Morgan fingerprint density at radius 1 is 1.47 bits per heavy atom. The lowest BCUT2D eigenvalue weighted by atomic mass is 10.1. The molecule has 1 rings (SSSR count). The van der Waals surface area contributed by atoms with Crippen LogP contribution in [0.4, 0.5) is 0 Å². The molecule has 0 fully saturated rings. The van der Waals surface area contributed by atoms with Crippen molar-refractivity contribution in [2.45, 2.75) is 13.5 Å². The average Bonchev–Trinajstić information content (AvgIpc) is 2.38. The molecule has 104 valence electrons. The van der Waals surface area contributed by atoms with Crippen molar-refractivity contribution in [1.29, 1.82) is 0 Å². The number of carbonyl (C=O) groups is 1. The number of hydrogen-bond donors (Lipinski definition) is 2. The molecule has 0 radical (unpaired) electrons. The molecule has 0 saturated heterocycles. The van der Waals surface area contributed by atoms with Crippen molar-refractivity contribution >= 4 is 19.0 Å². The molecule has 0 spiro atoms. The van der Waals surface area contributed by atoms with Crippen LogP contribution in [-0.4, -0.2) is 23.7 Å². The quantitative estimate of drug-likeness (QED) is 0.356. The maximum Gasteiger partial charge on any atom is 0.278 e. The third-order valence-corrected chi connectivity index (χ3v) is 3.66. The Balaban J connectivity index is 2.70. The highest BCUT2D eigenvalue weighted by molar-refractivity contribution is 7.73. The molecular formula is C11H14N2O5P-. The molecule has 7 nitrogen and oxygen atoms in total. The van der Waals surface area contributed by atoms with Crippen LogP contribution in [0.2, 0.25) is 0 Å². The van der Waals surface area contributed by atoms with Crippen molar-refractivity contribution in [2.24, 2.45) is 5.16 Å². The topological polar surface area (TPSA) is 111 Å². The van der Waals surface area contributed by atoms with Crippen LogP contribution >= 0.6 is 7.60 Å². The number of amides is 1. The van der Waals surface area contributed by atoms with Crippen LogP contribution in [0.1, 0.15) is 11.1 Å². The molecule has 8 heteroatoms. The summed E-state index contributed by atoms with van der Waals surface area (Å²) in [5.74, 6) is -1.02. The van der Waals surface area contributed by atoms with Gasteiger partial charge in [0.15, 0.2) is 7.60 Å². The second-order valence-corrected chi connectivity index (χ2v) is 5.56. The van der Waals surface area contributed by atoms with Gasteiger partial charge in [0.1, 0.15) is 0 Å². The first kappa shape index (κ1) is 15.4. The second kappa shape index (κ2) is 6.47. The van der Waals surface area contributed by atoms with Crippen LogP contribution in [-0.2, 0) is 20.4 Å². The second-order valence-electron chi connectivity index (χ2n) is 3.77. The van der Waals surface area contributed by atoms with Gasteiger partial charge in [-0.1, -0.05) is 35.0 Å². The number of rotatable bonds is 5. The van der Waals surface area contributed by atoms with Gasteiger partial charge in [0.05, 0.1) is 0 Å². The molecule has 0 aliphatic heterocycles. The molecule has 1 aromatic rings. The van der Waals surface area contributed by atoms with Crippen molar-refractivity contribution in [3.05, 3.63) is 35.4 Å². The summed E-state index contributed by atoms with van der Waals surface area (Å²) in [6.07, 6.45) is 0. The van der Waals surface area contributed by atoms with E-state index in [9.17, 15) is 14.3 Å². The monoisotopic (exact) mass is 285 g/mol. The highest BCUT2D eigenvalue weighted by atomic mass is 31.2. The van der Waals surface area contributed by atoms with Gasteiger partial charge in [0, 0.05) is 13.7 Å². The van der Waals surface area contributed by atoms with E-state index >= 15 is 0 Å². The molecule has 19 heavy (non-hydrogen) atoms. The molecule has 2 N–H and O–H groups in total. The summed E-state index contributed by atoms with van der Waals surface area (Å²) in [6.45, 7) is 2.03. The lowest BCUT2D eigenvalue weighted by Crippen LogP contribution is -2.33. The number of benzene rings is 1. The van der Waals surface area contributed by atoms with Crippen LogP contribution in [0.25, 0.3) is 0 Å². The van der Waals surface area contributed by atoms with Crippen molar-refractivity contribution in [1.82, 2.24) is 5.32 Å². The smallest absolute Gasteiger partial charge is 0.278 e. The Kier molecular flexibility index (Phi) is 5.23. The number of nitrogens with zero attached hydrogens (tertiary/aromatic N) is 1. The third kappa shape index (κ3) is 4.17. The molecule has 0 heterocycles. The van der Waals surface area contributed by atoms with Gasteiger partial charge in [-0.2, -0.15) is 0 Å².